The first-order valence-corrected chi connectivity index (χ1v) is 12.3. The summed E-state index contributed by atoms with van der Waals surface area (Å²) < 4.78 is 9.95. The van der Waals surface area contributed by atoms with Gasteiger partial charge in [-0.15, -0.1) is 11.8 Å². The van der Waals surface area contributed by atoms with Gasteiger partial charge in [0.2, 0.25) is 0 Å². The molecule has 2 atom stereocenters. The fourth-order valence-corrected chi connectivity index (χ4v) is 6.31. The number of esters is 1. The maximum Gasteiger partial charge on any atom is 0.325 e. The molecule has 2 aliphatic heterocycles. The standard InChI is InChI=1S/C26H33NO4S/c1-19-9-10-22-23(17-19)32-26(25(29)30-2,24(28)18-31-22)13-6-14-27-15-11-21(12-16-27)20-7-4-3-5-8-20/h3-5,7-10,17,21,24,28H,6,11-16,18H2,1-2H3/t24-,26+/m0/s1. The molecule has 4 rings (SSSR count). The van der Waals surface area contributed by atoms with Gasteiger partial charge in [-0.2, -0.15) is 0 Å². The highest BCUT2D eigenvalue weighted by Gasteiger charge is 2.49. The van der Waals surface area contributed by atoms with Crippen LogP contribution in [0.5, 0.6) is 5.75 Å². The number of hydrogen-bond acceptors (Lipinski definition) is 6. The molecule has 0 unspecified atom stereocenters. The summed E-state index contributed by atoms with van der Waals surface area (Å²) in [6.07, 6.45) is 2.74. The largest absolute Gasteiger partial charge is 0.490 e. The average Bonchev–Trinajstić information content (AvgIpc) is 2.96. The lowest BCUT2D eigenvalue weighted by Gasteiger charge is -2.35. The smallest absolute Gasteiger partial charge is 0.325 e. The van der Waals surface area contributed by atoms with Crippen molar-refractivity contribution >= 4 is 17.7 Å². The Balaban J connectivity index is 1.40. The van der Waals surface area contributed by atoms with Gasteiger partial charge in [0, 0.05) is 0 Å². The van der Waals surface area contributed by atoms with E-state index < -0.39 is 10.9 Å². The first kappa shape index (κ1) is 23.1. The quantitative estimate of drug-likeness (QED) is 0.651. The van der Waals surface area contributed by atoms with Gasteiger partial charge in [-0.1, -0.05) is 36.4 Å². The number of aliphatic hydroxyl groups is 1. The number of fused-ring (bicyclic) bond motifs is 1. The zero-order valence-electron chi connectivity index (χ0n) is 19.0. The first-order valence-electron chi connectivity index (χ1n) is 11.5. The molecule has 0 radical (unpaired) electrons. The van der Waals surface area contributed by atoms with Gasteiger partial charge >= 0.3 is 5.97 Å². The molecular weight excluding hydrogens is 422 g/mol. The minimum atomic E-state index is -1.06. The van der Waals surface area contributed by atoms with E-state index in [-0.39, 0.29) is 12.6 Å². The molecule has 0 aromatic heterocycles. The number of likely N-dealkylation sites (tertiary alicyclic amines) is 1. The molecule has 1 N–H and O–H groups in total. The number of ether oxygens (including phenoxy) is 2. The predicted molar refractivity (Wildman–Crippen MR) is 127 cm³/mol. The van der Waals surface area contributed by atoms with Crippen LogP contribution in [0.3, 0.4) is 0 Å². The lowest BCUT2D eigenvalue weighted by Crippen LogP contribution is -2.49. The third-order valence-corrected chi connectivity index (χ3v) is 8.28. The number of carbonyl (C=O) groups excluding carboxylic acids is 1. The zero-order chi connectivity index (χ0) is 22.6. The van der Waals surface area contributed by atoms with Gasteiger partial charge in [0.1, 0.15) is 23.2 Å². The van der Waals surface area contributed by atoms with Crippen molar-refractivity contribution in [2.45, 2.75) is 54.3 Å². The van der Waals surface area contributed by atoms with Gasteiger partial charge in [-0.05, 0) is 81.4 Å². The molecule has 2 heterocycles. The van der Waals surface area contributed by atoms with Crippen molar-refractivity contribution in [3.8, 4) is 5.75 Å². The van der Waals surface area contributed by atoms with Gasteiger partial charge in [-0.25, -0.2) is 0 Å². The Morgan fingerprint density at radius 3 is 2.69 bits per heavy atom. The van der Waals surface area contributed by atoms with E-state index in [0.29, 0.717) is 18.1 Å². The van der Waals surface area contributed by atoms with Crippen molar-refractivity contribution in [2.75, 3.05) is 33.4 Å². The summed E-state index contributed by atoms with van der Waals surface area (Å²) in [5.41, 5.74) is 2.53. The average molecular weight is 456 g/mol. The van der Waals surface area contributed by atoms with Crippen LogP contribution in [0.25, 0.3) is 0 Å². The highest BCUT2D eigenvalue weighted by atomic mass is 32.2. The number of aliphatic hydroxyl groups excluding tert-OH is 1. The molecule has 0 saturated carbocycles. The van der Waals surface area contributed by atoms with Crippen LogP contribution in [0.15, 0.2) is 53.4 Å². The minimum Gasteiger partial charge on any atom is -0.490 e. The summed E-state index contributed by atoms with van der Waals surface area (Å²) in [6.45, 7) is 5.13. The minimum absolute atomic E-state index is 0.0840. The van der Waals surface area contributed by atoms with Gasteiger partial charge < -0.3 is 19.5 Å². The van der Waals surface area contributed by atoms with E-state index in [0.717, 1.165) is 49.4 Å². The highest BCUT2D eigenvalue weighted by Crippen LogP contribution is 2.47. The van der Waals surface area contributed by atoms with Crippen LogP contribution in [-0.2, 0) is 9.53 Å². The molecule has 172 valence electrons. The first-order chi connectivity index (χ1) is 15.5. The second-order valence-electron chi connectivity index (χ2n) is 8.89. The number of aryl methyl sites for hydroxylation is 1. The Kier molecular flexibility index (Phi) is 7.44. The number of rotatable bonds is 6. The maximum absolute atomic E-state index is 13.0. The van der Waals surface area contributed by atoms with Crippen LogP contribution in [0, 0.1) is 6.92 Å². The van der Waals surface area contributed by atoms with Gasteiger partial charge in [0.25, 0.3) is 0 Å². The van der Waals surface area contributed by atoms with Crippen molar-refractivity contribution in [3.05, 3.63) is 59.7 Å². The molecule has 0 amide bonds. The molecular formula is C26H33NO4S. The summed E-state index contributed by atoms with van der Waals surface area (Å²) in [7, 11) is 1.40. The molecule has 5 nitrogen and oxygen atoms in total. The molecule has 1 saturated heterocycles. The lowest BCUT2D eigenvalue weighted by molar-refractivity contribution is -0.147. The summed E-state index contributed by atoms with van der Waals surface area (Å²) in [5, 5.41) is 11.0. The van der Waals surface area contributed by atoms with Gasteiger partial charge in [0.05, 0.1) is 12.0 Å². The molecule has 1 fully saturated rings. The van der Waals surface area contributed by atoms with E-state index in [9.17, 15) is 9.90 Å². The Labute approximate surface area is 195 Å². The number of benzene rings is 2. The number of thioether (sulfide) groups is 1. The molecule has 0 aliphatic carbocycles. The van der Waals surface area contributed by atoms with E-state index in [1.54, 1.807) is 0 Å². The molecule has 2 aromatic carbocycles. The maximum atomic E-state index is 13.0. The summed E-state index contributed by atoms with van der Waals surface area (Å²) in [4.78, 5) is 16.3. The molecule has 32 heavy (non-hydrogen) atoms. The molecule has 6 heteroatoms. The number of hydrogen-bond donors (Lipinski definition) is 1. The highest BCUT2D eigenvalue weighted by molar-refractivity contribution is 8.01. The number of carbonyl (C=O) groups is 1. The normalized spacial score (nSPS) is 24.3. The van der Waals surface area contributed by atoms with E-state index in [1.807, 2.05) is 25.1 Å². The van der Waals surface area contributed by atoms with Crippen molar-refractivity contribution in [1.82, 2.24) is 4.90 Å². The van der Waals surface area contributed by atoms with E-state index in [2.05, 4.69) is 35.2 Å². The fourth-order valence-electron chi connectivity index (χ4n) is 4.83. The Morgan fingerprint density at radius 1 is 1.22 bits per heavy atom. The van der Waals surface area contributed by atoms with E-state index >= 15 is 0 Å². The third kappa shape index (κ3) is 4.98. The van der Waals surface area contributed by atoms with Crippen molar-refractivity contribution < 1.29 is 19.4 Å². The number of piperidine rings is 1. The van der Waals surface area contributed by atoms with Crippen LogP contribution in [0.1, 0.15) is 42.7 Å². The Bertz CT molecular complexity index is 913. The number of methoxy groups -OCH3 is 1. The van der Waals surface area contributed by atoms with E-state index in [4.69, 9.17) is 9.47 Å². The van der Waals surface area contributed by atoms with Crippen molar-refractivity contribution in [1.29, 1.82) is 0 Å². The Morgan fingerprint density at radius 2 is 1.97 bits per heavy atom. The number of nitrogens with zero attached hydrogens (tertiary/aromatic N) is 1. The van der Waals surface area contributed by atoms with Gasteiger partial charge in [-0.3, -0.25) is 4.79 Å². The fraction of sp³-hybridized carbons (Fsp3) is 0.500. The summed E-state index contributed by atoms with van der Waals surface area (Å²) in [6, 6.07) is 16.7. The third-order valence-electron chi connectivity index (χ3n) is 6.74. The van der Waals surface area contributed by atoms with Crippen LogP contribution in [0.2, 0.25) is 0 Å². The molecule has 2 aromatic rings. The van der Waals surface area contributed by atoms with Crippen LogP contribution in [-0.4, -0.2) is 60.2 Å². The zero-order valence-corrected chi connectivity index (χ0v) is 19.8. The van der Waals surface area contributed by atoms with Crippen molar-refractivity contribution in [2.24, 2.45) is 0 Å². The predicted octanol–water partition coefficient (Wildman–Crippen LogP) is 4.41. The van der Waals surface area contributed by atoms with E-state index in [1.165, 1.54) is 24.4 Å². The van der Waals surface area contributed by atoms with Crippen LogP contribution < -0.4 is 4.74 Å². The molecule has 0 spiro atoms. The SMILES string of the molecule is COC(=O)[C@]1(CCCN2CCC(c3ccccc3)CC2)Sc2cc(C)ccc2OC[C@@H]1O. The van der Waals surface area contributed by atoms with Crippen molar-refractivity contribution in [3.63, 3.8) is 0 Å². The summed E-state index contributed by atoms with van der Waals surface area (Å²) in [5.74, 6) is 0.967. The molecule has 0 bridgehead atoms. The van der Waals surface area contributed by atoms with Crippen LogP contribution >= 0.6 is 11.8 Å². The second-order valence-corrected chi connectivity index (χ2v) is 10.3. The Hall–Kier alpha value is -2.02. The topological polar surface area (TPSA) is 59.0 Å². The lowest BCUT2D eigenvalue weighted by atomic mass is 9.89. The second kappa shape index (κ2) is 10.3. The monoisotopic (exact) mass is 455 g/mol. The summed E-state index contributed by atoms with van der Waals surface area (Å²) >= 11 is 1.40. The molecule has 2 aliphatic rings. The van der Waals surface area contributed by atoms with Gasteiger partial charge in [0.15, 0.2) is 0 Å². The van der Waals surface area contributed by atoms with Crippen LogP contribution in [0.4, 0.5) is 0 Å².